The number of carbonyl (C=O) groups excluding carboxylic acids is 2. The molecule has 3 aromatic rings. The number of hydrogen-bond acceptors (Lipinski definition) is 8. The van der Waals surface area contributed by atoms with Crippen LogP contribution < -0.4 is 4.74 Å². The van der Waals surface area contributed by atoms with Gasteiger partial charge in [0.2, 0.25) is 0 Å². The number of ether oxygens (including phenoxy) is 2. The summed E-state index contributed by atoms with van der Waals surface area (Å²) >= 11 is 1.22. The molecule has 2 aromatic carbocycles. The molecule has 184 valence electrons. The Kier molecular flexibility index (Phi) is 6.68. The van der Waals surface area contributed by atoms with Crippen molar-refractivity contribution in [1.29, 1.82) is 0 Å². The molecule has 2 fully saturated rings. The number of fused-ring (bicyclic) bond motifs is 1. The van der Waals surface area contributed by atoms with Gasteiger partial charge in [0.15, 0.2) is 0 Å². The molecule has 2 saturated heterocycles. The third kappa shape index (κ3) is 4.49. The maximum Gasteiger partial charge on any atom is 0.328 e. The number of methoxy groups -OCH3 is 2. The fourth-order valence-corrected chi connectivity index (χ4v) is 5.63. The van der Waals surface area contributed by atoms with E-state index in [0.717, 1.165) is 36.2 Å². The van der Waals surface area contributed by atoms with Crippen LogP contribution >= 0.6 is 11.7 Å². The first-order valence-electron chi connectivity index (χ1n) is 11.7. The van der Waals surface area contributed by atoms with Gasteiger partial charge in [-0.25, -0.2) is 4.79 Å². The Morgan fingerprint density at radius 1 is 0.971 bits per heavy atom. The number of carbonyl (C=O) groups is 2. The summed E-state index contributed by atoms with van der Waals surface area (Å²) in [5, 5.41) is 0. The van der Waals surface area contributed by atoms with E-state index in [1.54, 1.807) is 19.1 Å². The molecule has 10 heteroatoms. The lowest BCUT2D eigenvalue weighted by Crippen LogP contribution is -2.57. The maximum absolute atomic E-state index is 13.8. The Balaban J connectivity index is 1.32. The molecule has 0 saturated carbocycles. The number of hydrogen-bond donors (Lipinski definition) is 0. The number of nitrogens with zero attached hydrogens (tertiary/aromatic N) is 5. The van der Waals surface area contributed by atoms with Gasteiger partial charge in [-0.05, 0) is 48.2 Å². The van der Waals surface area contributed by atoms with Gasteiger partial charge in [0.1, 0.15) is 22.3 Å². The number of piperidine rings is 1. The first-order chi connectivity index (χ1) is 17.0. The van der Waals surface area contributed by atoms with E-state index in [-0.39, 0.29) is 18.5 Å². The summed E-state index contributed by atoms with van der Waals surface area (Å²) in [4.78, 5) is 32.7. The largest absolute Gasteiger partial charge is 0.497 e. The van der Waals surface area contributed by atoms with Crippen LogP contribution in [-0.4, -0.2) is 81.4 Å². The van der Waals surface area contributed by atoms with E-state index >= 15 is 0 Å². The van der Waals surface area contributed by atoms with Gasteiger partial charge in [-0.15, -0.1) is 0 Å². The van der Waals surface area contributed by atoms with Crippen LogP contribution in [0, 0.1) is 0 Å². The quantitative estimate of drug-likeness (QED) is 0.444. The molecule has 0 aliphatic carbocycles. The third-order valence-corrected chi connectivity index (χ3v) is 7.58. The van der Waals surface area contributed by atoms with Crippen LogP contribution in [0.2, 0.25) is 0 Å². The van der Waals surface area contributed by atoms with Crippen LogP contribution in [0.1, 0.15) is 24.0 Å². The number of amides is 3. The number of rotatable bonds is 8. The van der Waals surface area contributed by atoms with E-state index in [4.69, 9.17) is 9.47 Å². The second-order valence-corrected chi connectivity index (χ2v) is 9.59. The number of aromatic nitrogens is 2. The van der Waals surface area contributed by atoms with Gasteiger partial charge in [0, 0.05) is 33.3 Å². The highest BCUT2D eigenvalue weighted by molar-refractivity contribution is 7.00. The Bertz CT molecular complexity index is 1220. The van der Waals surface area contributed by atoms with Crippen LogP contribution in [0.5, 0.6) is 5.75 Å². The minimum atomic E-state index is -0.826. The van der Waals surface area contributed by atoms with Crippen LogP contribution in [0.25, 0.3) is 11.0 Å². The van der Waals surface area contributed by atoms with Crippen molar-refractivity contribution in [3.05, 3.63) is 53.6 Å². The highest BCUT2D eigenvalue weighted by Crippen LogP contribution is 2.38. The third-order valence-electron chi connectivity index (χ3n) is 7.02. The van der Waals surface area contributed by atoms with Crippen molar-refractivity contribution in [2.45, 2.75) is 31.5 Å². The molecule has 0 unspecified atom stereocenters. The van der Waals surface area contributed by atoms with Crippen LogP contribution in [-0.2, 0) is 22.6 Å². The SMILES string of the molecule is COCCN1C(=O)N(Cc2cccc(OC)c2)C(=O)C12CCN(Cc1ccc3nsnc3c1)CC2. The molecule has 1 spiro atoms. The summed E-state index contributed by atoms with van der Waals surface area (Å²) in [6.45, 7) is 3.23. The first-order valence-corrected chi connectivity index (χ1v) is 12.5. The predicted octanol–water partition coefficient (Wildman–Crippen LogP) is 3.15. The monoisotopic (exact) mass is 495 g/mol. The van der Waals surface area contributed by atoms with Crippen molar-refractivity contribution in [2.75, 3.05) is 40.5 Å². The van der Waals surface area contributed by atoms with E-state index in [0.29, 0.717) is 31.7 Å². The number of benzene rings is 2. The maximum atomic E-state index is 13.8. The Labute approximate surface area is 208 Å². The van der Waals surface area contributed by atoms with Gasteiger partial charge in [-0.1, -0.05) is 18.2 Å². The van der Waals surface area contributed by atoms with E-state index < -0.39 is 5.54 Å². The molecular formula is C25H29N5O4S. The highest BCUT2D eigenvalue weighted by Gasteiger charge is 2.57. The van der Waals surface area contributed by atoms with Crippen molar-refractivity contribution in [3.63, 3.8) is 0 Å². The average molecular weight is 496 g/mol. The van der Waals surface area contributed by atoms with Crippen molar-refractivity contribution < 1.29 is 19.1 Å². The van der Waals surface area contributed by atoms with Gasteiger partial charge in [0.05, 0.1) is 32.0 Å². The number of likely N-dealkylation sites (tertiary alicyclic amines) is 1. The molecule has 5 rings (SSSR count). The number of imide groups is 1. The lowest BCUT2D eigenvalue weighted by Gasteiger charge is -2.42. The van der Waals surface area contributed by atoms with Gasteiger partial charge in [-0.3, -0.25) is 14.6 Å². The van der Waals surface area contributed by atoms with Crippen LogP contribution in [0.3, 0.4) is 0 Å². The first kappa shape index (κ1) is 23.7. The average Bonchev–Trinajstić information content (AvgIpc) is 3.42. The van der Waals surface area contributed by atoms with Crippen molar-refractivity contribution in [1.82, 2.24) is 23.4 Å². The molecular weight excluding hydrogens is 466 g/mol. The molecule has 2 aliphatic rings. The standard InChI is InChI=1S/C25H29N5O4S/c1-33-13-12-30-24(32)29(17-18-4-3-5-20(14-18)34-2)23(31)25(30)8-10-28(11-9-25)16-19-6-7-21-22(15-19)27-35-26-21/h3-7,14-15H,8-13,16-17H2,1-2H3. The summed E-state index contributed by atoms with van der Waals surface area (Å²) in [5.41, 5.74) is 3.03. The van der Waals surface area contributed by atoms with Gasteiger partial charge < -0.3 is 14.4 Å². The van der Waals surface area contributed by atoms with E-state index in [9.17, 15) is 9.59 Å². The van der Waals surface area contributed by atoms with Gasteiger partial charge in [0.25, 0.3) is 5.91 Å². The van der Waals surface area contributed by atoms with E-state index in [2.05, 4.69) is 25.8 Å². The minimum Gasteiger partial charge on any atom is -0.497 e. The lowest BCUT2D eigenvalue weighted by atomic mass is 9.85. The fraction of sp³-hybridized carbons (Fsp3) is 0.440. The molecule has 2 aliphatic heterocycles. The zero-order valence-corrected chi connectivity index (χ0v) is 20.8. The van der Waals surface area contributed by atoms with Crippen LogP contribution in [0.4, 0.5) is 4.79 Å². The van der Waals surface area contributed by atoms with Gasteiger partial charge >= 0.3 is 6.03 Å². The zero-order valence-electron chi connectivity index (χ0n) is 20.0. The Hall–Kier alpha value is -3.08. The summed E-state index contributed by atoms with van der Waals surface area (Å²) in [6.07, 6.45) is 1.19. The summed E-state index contributed by atoms with van der Waals surface area (Å²) in [6, 6.07) is 13.4. The van der Waals surface area contributed by atoms with Crippen molar-refractivity contribution in [3.8, 4) is 5.75 Å². The molecule has 9 nitrogen and oxygen atoms in total. The van der Waals surface area contributed by atoms with Gasteiger partial charge in [-0.2, -0.15) is 8.75 Å². The smallest absolute Gasteiger partial charge is 0.328 e. The Morgan fingerprint density at radius 2 is 1.74 bits per heavy atom. The van der Waals surface area contributed by atoms with Crippen molar-refractivity contribution in [2.24, 2.45) is 0 Å². The van der Waals surface area contributed by atoms with Crippen LogP contribution in [0.15, 0.2) is 42.5 Å². The minimum absolute atomic E-state index is 0.115. The molecule has 35 heavy (non-hydrogen) atoms. The Morgan fingerprint density at radius 3 is 2.51 bits per heavy atom. The molecule has 0 N–H and O–H groups in total. The molecule has 0 bridgehead atoms. The summed E-state index contributed by atoms with van der Waals surface area (Å²) < 4.78 is 19.2. The lowest BCUT2D eigenvalue weighted by molar-refractivity contribution is -0.136. The fourth-order valence-electron chi connectivity index (χ4n) is 5.12. The zero-order chi connectivity index (χ0) is 24.4. The predicted molar refractivity (Wildman–Crippen MR) is 132 cm³/mol. The molecule has 0 atom stereocenters. The highest BCUT2D eigenvalue weighted by atomic mass is 32.1. The topological polar surface area (TPSA) is 88.1 Å². The normalized spacial score (nSPS) is 18.2. The number of urea groups is 1. The second-order valence-electron chi connectivity index (χ2n) is 9.06. The molecule has 3 amide bonds. The van der Waals surface area contributed by atoms with E-state index in [1.165, 1.54) is 22.2 Å². The molecule has 1 aromatic heterocycles. The van der Waals surface area contributed by atoms with Crippen molar-refractivity contribution >= 4 is 34.7 Å². The summed E-state index contributed by atoms with van der Waals surface area (Å²) in [5.74, 6) is 0.587. The molecule has 0 radical (unpaired) electrons. The second kappa shape index (κ2) is 9.88. The van der Waals surface area contributed by atoms with E-state index in [1.807, 2.05) is 30.3 Å². The summed E-state index contributed by atoms with van der Waals surface area (Å²) in [7, 11) is 3.21. The molecule has 3 heterocycles.